The van der Waals surface area contributed by atoms with Crippen LogP contribution in [0.15, 0.2) is 0 Å². The summed E-state index contributed by atoms with van der Waals surface area (Å²) in [6.45, 7) is 14.4. The van der Waals surface area contributed by atoms with Crippen molar-refractivity contribution in [1.82, 2.24) is 10.6 Å². The quantitative estimate of drug-likeness (QED) is 0.702. The minimum absolute atomic E-state index is 0.374. The normalized spacial score (nSPS) is 13.7. The van der Waals surface area contributed by atoms with Gasteiger partial charge in [0.2, 0.25) is 0 Å². The van der Waals surface area contributed by atoms with Crippen LogP contribution in [0.2, 0.25) is 0 Å². The van der Waals surface area contributed by atoms with Crippen LogP contribution in [0.5, 0.6) is 0 Å². The first-order chi connectivity index (χ1) is 8.96. The summed E-state index contributed by atoms with van der Waals surface area (Å²) in [7, 11) is 0. The number of rotatable bonds is 6. The van der Waals surface area contributed by atoms with E-state index < -0.39 is 23.5 Å². The van der Waals surface area contributed by atoms with Crippen molar-refractivity contribution in [3.8, 4) is 0 Å². The van der Waals surface area contributed by atoms with Gasteiger partial charge in [-0.1, -0.05) is 48.5 Å². The number of carboxylic acid groups (broad SMARTS) is 1. The maximum absolute atomic E-state index is 11.9. The molecule has 5 nitrogen and oxygen atoms in total. The molecule has 20 heavy (non-hydrogen) atoms. The van der Waals surface area contributed by atoms with Crippen LogP contribution in [-0.2, 0) is 4.79 Å². The van der Waals surface area contributed by atoms with E-state index in [1.165, 1.54) is 0 Å². The summed E-state index contributed by atoms with van der Waals surface area (Å²) in [5, 5.41) is 14.5. The number of nitrogens with one attached hydrogen (secondary N) is 2. The van der Waals surface area contributed by atoms with E-state index in [9.17, 15) is 9.59 Å². The van der Waals surface area contributed by atoms with Crippen LogP contribution in [0.1, 0.15) is 48.5 Å². The van der Waals surface area contributed by atoms with Gasteiger partial charge in [0.15, 0.2) is 0 Å². The Balaban J connectivity index is 4.52. The Morgan fingerprint density at radius 2 is 1.50 bits per heavy atom. The molecule has 0 radical (unpaired) electrons. The predicted molar refractivity (Wildman–Crippen MR) is 80.6 cm³/mol. The summed E-state index contributed by atoms with van der Waals surface area (Å²) < 4.78 is 0. The molecular formula is C15H30N2O3. The van der Waals surface area contributed by atoms with Crippen LogP contribution in [0.3, 0.4) is 0 Å². The lowest BCUT2D eigenvalue weighted by atomic mass is 9.85. The smallest absolute Gasteiger partial charge is 0.326 e. The molecule has 118 valence electrons. The molecule has 0 aromatic carbocycles. The molecular weight excluding hydrogens is 256 g/mol. The highest BCUT2D eigenvalue weighted by atomic mass is 16.4. The standard InChI is InChI=1S/C15H30N2O3/c1-9(2)11(10(3)4)8-16-14(20)17-12(13(18)19)15(5,6)7/h9-12H,8H2,1-7H3,(H,18,19)(H2,16,17,20). The second-order valence-corrected chi connectivity index (χ2v) is 7.14. The van der Waals surface area contributed by atoms with Gasteiger partial charge < -0.3 is 15.7 Å². The Hall–Kier alpha value is -1.26. The van der Waals surface area contributed by atoms with Crippen molar-refractivity contribution >= 4 is 12.0 Å². The molecule has 0 heterocycles. The first-order valence-electron chi connectivity index (χ1n) is 7.24. The maximum atomic E-state index is 11.9. The molecule has 0 aliphatic heterocycles. The van der Waals surface area contributed by atoms with Crippen LogP contribution in [0.25, 0.3) is 0 Å². The number of aliphatic carboxylic acids is 1. The third kappa shape index (κ3) is 6.26. The molecule has 3 N–H and O–H groups in total. The van der Waals surface area contributed by atoms with Crippen LogP contribution < -0.4 is 10.6 Å². The summed E-state index contributed by atoms with van der Waals surface area (Å²) in [6.07, 6.45) is 0. The van der Waals surface area contributed by atoms with Gasteiger partial charge >= 0.3 is 12.0 Å². The van der Waals surface area contributed by atoms with Crippen molar-refractivity contribution in [2.24, 2.45) is 23.2 Å². The molecule has 1 atom stereocenters. The Bertz CT molecular complexity index is 325. The van der Waals surface area contributed by atoms with Crippen LogP contribution in [0.4, 0.5) is 4.79 Å². The number of amides is 2. The highest BCUT2D eigenvalue weighted by molar-refractivity contribution is 5.83. The second-order valence-electron chi connectivity index (χ2n) is 7.14. The van der Waals surface area contributed by atoms with E-state index >= 15 is 0 Å². The van der Waals surface area contributed by atoms with Crippen molar-refractivity contribution in [1.29, 1.82) is 0 Å². The van der Waals surface area contributed by atoms with Crippen molar-refractivity contribution in [2.45, 2.75) is 54.5 Å². The van der Waals surface area contributed by atoms with Crippen LogP contribution >= 0.6 is 0 Å². The number of hydrogen-bond donors (Lipinski definition) is 3. The Labute approximate surface area is 122 Å². The molecule has 0 aliphatic carbocycles. The maximum Gasteiger partial charge on any atom is 0.326 e. The monoisotopic (exact) mass is 286 g/mol. The van der Waals surface area contributed by atoms with E-state index in [0.29, 0.717) is 24.3 Å². The average molecular weight is 286 g/mol. The van der Waals surface area contributed by atoms with Gasteiger partial charge in [-0.25, -0.2) is 9.59 Å². The Morgan fingerprint density at radius 3 is 1.80 bits per heavy atom. The molecule has 2 amide bonds. The lowest BCUT2D eigenvalue weighted by Gasteiger charge is -2.29. The Morgan fingerprint density at radius 1 is 1.05 bits per heavy atom. The molecule has 0 bridgehead atoms. The van der Waals surface area contributed by atoms with Gasteiger partial charge in [0, 0.05) is 6.54 Å². The molecule has 0 saturated heterocycles. The van der Waals surface area contributed by atoms with E-state index in [0.717, 1.165) is 0 Å². The summed E-state index contributed by atoms with van der Waals surface area (Å²) >= 11 is 0. The number of carbonyl (C=O) groups excluding carboxylic acids is 1. The first kappa shape index (κ1) is 18.7. The third-order valence-electron chi connectivity index (χ3n) is 3.60. The van der Waals surface area contributed by atoms with E-state index in [1.807, 2.05) is 0 Å². The zero-order valence-corrected chi connectivity index (χ0v) is 13.8. The molecule has 0 aromatic heterocycles. The van der Waals surface area contributed by atoms with Crippen molar-refractivity contribution in [3.05, 3.63) is 0 Å². The van der Waals surface area contributed by atoms with Crippen LogP contribution in [-0.4, -0.2) is 29.7 Å². The predicted octanol–water partition coefficient (Wildman–Crippen LogP) is 2.71. The summed E-state index contributed by atoms with van der Waals surface area (Å²) in [6, 6.07) is -1.32. The van der Waals surface area contributed by atoms with Crippen molar-refractivity contribution < 1.29 is 14.7 Å². The minimum atomic E-state index is -1.02. The molecule has 0 rings (SSSR count). The molecule has 0 spiro atoms. The van der Waals surface area contributed by atoms with Gasteiger partial charge in [-0.3, -0.25) is 0 Å². The zero-order chi connectivity index (χ0) is 16.1. The minimum Gasteiger partial charge on any atom is -0.480 e. The fourth-order valence-electron chi connectivity index (χ4n) is 2.28. The highest BCUT2D eigenvalue weighted by Gasteiger charge is 2.32. The highest BCUT2D eigenvalue weighted by Crippen LogP contribution is 2.20. The topological polar surface area (TPSA) is 78.4 Å². The van der Waals surface area contributed by atoms with Gasteiger partial charge in [-0.2, -0.15) is 0 Å². The molecule has 5 heteroatoms. The van der Waals surface area contributed by atoms with Gasteiger partial charge in [0.1, 0.15) is 6.04 Å². The molecule has 0 saturated carbocycles. The SMILES string of the molecule is CC(C)C(CNC(=O)NC(C(=O)O)C(C)(C)C)C(C)C. The van der Waals surface area contributed by atoms with Gasteiger partial charge in [-0.05, 0) is 23.2 Å². The second kappa shape index (κ2) is 7.50. The number of carbonyl (C=O) groups is 2. The van der Waals surface area contributed by atoms with Gasteiger partial charge in [0.25, 0.3) is 0 Å². The lowest BCUT2D eigenvalue weighted by Crippen LogP contribution is -2.53. The van der Waals surface area contributed by atoms with E-state index in [-0.39, 0.29) is 0 Å². The summed E-state index contributed by atoms with van der Waals surface area (Å²) in [5.41, 5.74) is -0.529. The first-order valence-corrected chi connectivity index (χ1v) is 7.24. The molecule has 0 aromatic rings. The molecule has 0 aliphatic rings. The largest absolute Gasteiger partial charge is 0.480 e. The third-order valence-corrected chi connectivity index (χ3v) is 3.60. The lowest BCUT2D eigenvalue weighted by molar-refractivity contribution is -0.141. The van der Waals surface area contributed by atoms with Gasteiger partial charge in [0.05, 0.1) is 0 Å². The summed E-state index contributed by atoms with van der Waals surface area (Å²) in [5.74, 6) is 0.289. The number of urea groups is 1. The molecule has 1 unspecified atom stereocenters. The summed E-state index contributed by atoms with van der Waals surface area (Å²) in [4.78, 5) is 23.1. The molecule has 0 fully saturated rings. The number of hydrogen-bond acceptors (Lipinski definition) is 2. The zero-order valence-electron chi connectivity index (χ0n) is 13.8. The average Bonchev–Trinajstić information content (AvgIpc) is 2.22. The fraction of sp³-hybridized carbons (Fsp3) is 0.867. The fourth-order valence-corrected chi connectivity index (χ4v) is 2.28. The van der Waals surface area contributed by atoms with Crippen molar-refractivity contribution in [2.75, 3.05) is 6.54 Å². The van der Waals surface area contributed by atoms with Gasteiger partial charge in [-0.15, -0.1) is 0 Å². The van der Waals surface area contributed by atoms with Crippen molar-refractivity contribution in [3.63, 3.8) is 0 Å². The Kier molecular flexibility index (Phi) is 7.03. The van der Waals surface area contributed by atoms with Crippen LogP contribution in [0, 0.1) is 23.2 Å². The van der Waals surface area contributed by atoms with E-state index in [2.05, 4.69) is 38.3 Å². The van der Waals surface area contributed by atoms with E-state index in [1.54, 1.807) is 20.8 Å². The van der Waals surface area contributed by atoms with E-state index in [4.69, 9.17) is 5.11 Å². The number of carboxylic acids is 1.